The number of anilines is 1. The molecule has 21 heavy (non-hydrogen) atoms. The van der Waals surface area contributed by atoms with Gasteiger partial charge in [-0.3, -0.25) is 10.1 Å². The minimum absolute atomic E-state index is 0.00675. The zero-order valence-corrected chi connectivity index (χ0v) is 11.4. The second-order valence-corrected chi connectivity index (χ2v) is 4.73. The Bertz CT molecular complexity index is 614. The van der Waals surface area contributed by atoms with Crippen LogP contribution in [0.5, 0.6) is 0 Å². The third kappa shape index (κ3) is 3.76. The number of nitrogens with one attached hydrogen (secondary N) is 1. The Hall–Kier alpha value is -2.47. The molecule has 2 atom stereocenters. The number of non-ortho nitro benzene ring substituents is 1. The number of aliphatic hydroxyl groups excluding tert-OH is 1. The SMILES string of the molecule is CC(Nc1ccc([N+](=O)[O-])cc1)C(O)c1ccc(F)cc1. The molecule has 2 rings (SSSR count). The summed E-state index contributed by atoms with van der Waals surface area (Å²) in [4.78, 5) is 10.1. The van der Waals surface area contributed by atoms with Crippen LogP contribution in [0, 0.1) is 15.9 Å². The van der Waals surface area contributed by atoms with Crippen molar-refractivity contribution in [3.63, 3.8) is 0 Å². The molecule has 0 heterocycles. The fourth-order valence-electron chi connectivity index (χ4n) is 1.97. The molecule has 0 aliphatic carbocycles. The molecule has 0 aliphatic heterocycles. The molecule has 2 N–H and O–H groups in total. The molecule has 0 radical (unpaired) electrons. The van der Waals surface area contributed by atoms with Gasteiger partial charge >= 0.3 is 0 Å². The number of hydrogen-bond donors (Lipinski definition) is 2. The molecule has 6 heteroatoms. The number of hydrogen-bond acceptors (Lipinski definition) is 4. The number of benzene rings is 2. The minimum atomic E-state index is -0.819. The molecular weight excluding hydrogens is 275 g/mol. The molecule has 0 saturated heterocycles. The van der Waals surface area contributed by atoms with Gasteiger partial charge in [-0.25, -0.2) is 4.39 Å². The topological polar surface area (TPSA) is 75.4 Å². The van der Waals surface area contributed by atoms with Gasteiger partial charge in [-0.15, -0.1) is 0 Å². The molecule has 2 unspecified atom stereocenters. The van der Waals surface area contributed by atoms with Gasteiger partial charge in [-0.2, -0.15) is 0 Å². The molecule has 0 saturated carbocycles. The highest BCUT2D eigenvalue weighted by atomic mass is 19.1. The fraction of sp³-hybridized carbons (Fsp3) is 0.200. The van der Waals surface area contributed by atoms with E-state index in [4.69, 9.17) is 0 Å². The lowest BCUT2D eigenvalue weighted by Crippen LogP contribution is -2.24. The zero-order chi connectivity index (χ0) is 15.4. The quantitative estimate of drug-likeness (QED) is 0.654. The molecule has 0 spiro atoms. The van der Waals surface area contributed by atoms with E-state index in [1.54, 1.807) is 19.1 Å². The van der Waals surface area contributed by atoms with Crippen LogP contribution < -0.4 is 5.32 Å². The second kappa shape index (κ2) is 6.32. The summed E-state index contributed by atoms with van der Waals surface area (Å²) in [6.45, 7) is 1.77. The van der Waals surface area contributed by atoms with Gasteiger partial charge in [0.2, 0.25) is 0 Å². The highest BCUT2D eigenvalue weighted by Gasteiger charge is 2.16. The van der Waals surface area contributed by atoms with E-state index in [1.165, 1.54) is 36.4 Å². The standard InChI is InChI=1S/C15H15FN2O3/c1-10(15(19)11-2-4-12(16)5-3-11)17-13-6-8-14(9-7-13)18(20)21/h2-10,15,17,19H,1H3. The number of nitro groups is 1. The molecule has 0 aromatic heterocycles. The Kier molecular flexibility index (Phi) is 4.49. The van der Waals surface area contributed by atoms with Crippen LogP contribution in [0.25, 0.3) is 0 Å². The highest BCUT2D eigenvalue weighted by molar-refractivity contribution is 5.49. The first kappa shape index (κ1) is 14.9. The van der Waals surface area contributed by atoms with E-state index in [0.717, 1.165) is 0 Å². The first-order valence-electron chi connectivity index (χ1n) is 6.42. The van der Waals surface area contributed by atoms with E-state index in [1.807, 2.05) is 0 Å². The van der Waals surface area contributed by atoms with Gasteiger partial charge in [0.05, 0.1) is 17.1 Å². The highest BCUT2D eigenvalue weighted by Crippen LogP contribution is 2.22. The van der Waals surface area contributed by atoms with Crippen molar-refractivity contribution in [1.82, 2.24) is 0 Å². The second-order valence-electron chi connectivity index (χ2n) is 4.73. The van der Waals surface area contributed by atoms with Crippen molar-refractivity contribution in [2.45, 2.75) is 19.1 Å². The zero-order valence-electron chi connectivity index (χ0n) is 11.4. The van der Waals surface area contributed by atoms with Gasteiger partial charge in [-0.05, 0) is 36.8 Å². The molecule has 2 aromatic carbocycles. The Balaban J connectivity index is 2.04. The summed E-state index contributed by atoms with van der Waals surface area (Å²) in [5, 5.41) is 23.8. The van der Waals surface area contributed by atoms with E-state index < -0.39 is 11.0 Å². The average molecular weight is 290 g/mol. The number of nitro benzene ring substituents is 1. The van der Waals surface area contributed by atoms with Gasteiger partial charge in [0.1, 0.15) is 5.82 Å². The Morgan fingerprint density at radius 1 is 1.14 bits per heavy atom. The van der Waals surface area contributed by atoms with Crippen molar-refractivity contribution in [3.8, 4) is 0 Å². The van der Waals surface area contributed by atoms with E-state index in [2.05, 4.69) is 5.32 Å². The van der Waals surface area contributed by atoms with Gasteiger partial charge in [0.25, 0.3) is 5.69 Å². The van der Waals surface area contributed by atoms with Crippen LogP contribution in [-0.4, -0.2) is 16.1 Å². The van der Waals surface area contributed by atoms with Crippen molar-refractivity contribution in [2.24, 2.45) is 0 Å². The average Bonchev–Trinajstić information content (AvgIpc) is 2.47. The first-order valence-corrected chi connectivity index (χ1v) is 6.42. The molecule has 110 valence electrons. The van der Waals surface area contributed by atoms with Crippen molar-refractivity contribution in [3.05, 3.63) is 70.0 Å². The summed E-state index contributed by atoms with van der Waals surface area (Å²) in [5.41, 5.74) is 1.26. The molecule has 0 bridgehead atoms. The van der Waals surface area contributed by atoms with Crippen LogP contribution in [0.2, 0.25) is 0 Å². The largest absolute Gasteiger partial charge is 0.386 e. The minimum Gasteiger partial charge on any atom is -0.386 e. The molecule has 0 amide bonds. The van der Waals surface area contributed by atoms with Crippen molar-refractivity contribution in [2.75, 3.05) is 5.32 Å². The normalized spacial score (nSPS) is 13.5. The lowest BCUT2D eigenvalue weighted by molar-refractivity contribution is -0.384. The predicted molar refractivity (Wildman–Crippen MR) is 77.5 cm³/mol. The number of rotatable bonds is 5. The number of aliphatic hydroxyl groups is 1. The first-order chi connectivity index (χ1) is 9.97. The van der Waals surface area contributed by atoms with Gasteiger partial charge in [0, 0.05) is 17.8 Å². The van der Waals surface area contributed by atoms with Crippen molar-refractivity contribution in [1.29, 1.82) is 0 Å². The Labute approximate surface area is 121 Å². The lowest BCUT2D eigenvalue weighted by atomic mass is 10.0. The maximum atomic E-state index is 12.8. The van der Waals surface area contributed by atoms with Gasteiger partial charge in [-0.1, -0.05) is 12.1 Å². The molecule has 0 fully saturated rings. The Morgan fingerprint density at radius 3 is 2.24 bits per heavy atom. The van der Waals surface area contributed by atoms with E-state index in [-0.39, 0.29) is 17.5 Å². The predicted octanol–water partition coefficient (Wildman–Crippen LogP) is 3.27. The van der Waals surface area contributed by atoms with Gasteiger partial charge in [0.15, 0.2) is 0 Å². The summed E-state index contributed by atoms with van der Waals surface area (Å²) in [6.07, 6.45) is -0.819. The van der Waals surface area contributed by atoms with Crippen LogP contribution >= 0.6 is 0 Å². The van der Waals surface area contributed by atoms with Crippen LogP contribution in [-0.2, 0) is 0 Å². The lowest BCUT2D eigenvalue weighted by Gasteiger charge is -2.21. The van der Waals surface area contributed by atoms with E-state index >= 15 is 0 Å². The van der Waals surface area contributed by atoms with Crippen LogP contribution in [0.4, 0.5) is 15.8 Å². The summed E-state index contributed by atoms with van der Waals surface area (Å²) in [5.74, 6) is -0.359. The summed E-state index contributed by atoms with van der Waals surface area (Å²) >= 11 is 0. The van der Waals surface area contributed by atoms with Gasteiger partial charge < -0.3 is 10.4 Å². The molecule has 5 nitrogen and oxygen atoms in total. The summed E-state index contributed by atoms with van der Waals surface area (Å²) < 4.78 is 12.8. The molecular formula is C15H15FN2O3. The van der Waals surface area contributed by atoms with Crippen molar-refractivity contribution >= 4 is 11.4 Å². The third-order valence-electron chi connectivity index (χ3n) is 3.16. The van der Waals surface area contributed by atoms with Crippen LogP contribution in [0.1, 0.15) is 18.6 Å². The third-order valence-corrected chi connectivity index (χ3v) is 3.16. The molecule has 2 aromatic rings. The Morgan fingerprint density at radius 2 is 1.71 bits per heavy atom. The molecule has 0 aliphatic rings. The summed E-state index contributed by atoms with van der Waals surface area (Å²) in [7, 11) is 0. The maximum absolute atomic E-state index is 12.8. The number of nitrogens with zero attached hydrogens (tertiary/aromatic N) is 1. The van der Waals surface area contributed by atoms with Crippen molar-refractivity contribution < 1.29 is 14.4 Å². The van der Waals surface area contributed by atoms with E-state index in [9.17, 15) is 19.6 Å². The number of halogens is 1. The monoisotopic (exact) mass is 290 g/mol. The van der Waals surface area contributed by atoms with E-state index in [0.29, 0.717) is 11.3 Å². The summed E-state index contributed by atoms with van der Waals surface area (Å²) in [6, 6.07) is 11.2. The van der Waals surface area contributed by atoms with Crippen LogP contribution in [0.3, 0.4) is 0 Å². The smallest absolute Gasteiger partial charge is 0.269 e. The fourth-order valence-corrected chi connectivity index (χ4v) is 1.97. The van der Waals surface area contributed by atoms with Crippen LogP contribution in [0.15, 0.2) is 48.5 Å². The maximum Gasteiger partial charge on any atom is 0.269 e.